The minimum Gasteiger partial charge on any atom is -0.507 e. The molecule has 0 spiro atoms. The number of hydrogen-bond donors (Lipinski definition) is 2. The van der Waals surface area contributed by atoms with Crippen molar-refractivity contribution in [2.45, 2.75) is 26.2 Å². The van der Waals surface area contributed by atoms with E-state index in [2.05, 4.69) is 0 Å². The van der Waals surface area contributed by atoms with Crippen LogP contribution in [0.2, 0.25) is 0 Å². The molecule has 0 saturated carbocycles. The van der Waals surface area contributed by atoms with Gasteiger partial charge in [0.2, 0.25) is 0 Å². The average molecular weight is 448 g/mol. The number of carboxylic acid groups (broad SMARTS) is 1. The standard InChI is InChI=1S/C27H26FNO4/c1-16-13-21-24(22(30)14-16)23(17-5-7-18(8-6-17)26(31)32)25(27(2,3)15-33-4)29(21)20-11-9-19(28)10-12-20/h5-14,30H,15H2,1-4H3,(H,31,32). The van der Waals surface area contributed by atoms with Crippen LogP contribution in [-0.2, 0) is 10.2 Å². The van der Waals surface area contributed by atoms with Crippen molar-refractivity contribution in [1.82, 2.24) is 4.57 Å². The Labute approximate surface area is 191 Å². The van der Waals surface area contributed by atoms with Gasteiger partial charge in [-0.3, -0.25) is 0 Å². The Morgan fingerprint density at radius 2 is 1.70 bits per heavy atom. The second-order valence-electron chi connectivity index (χ2n) is 8.91. The van der Waals surface area contributed by atoms with Crippen molar-refractivity contribution in [2.24, 2.45) is 0 Å². The van der Waals surface area contributed by atoms with E-state index in [1.165, 1.54) is 12.1 Å². The average Bonchev–Trinajstić information content (AvgIpc) is 3.10. The minimum absolute atomic E-state index is 0.123. The van der Waals surface area contributed by atoms with Gasteiger partial charge in [0.15, 0.2) is 0 Å². The van der Waals surface area contributed by atoms with Crippen LogP contribution < -0.4 is 0 Å². The lowest BCUT2D eigenvalue weighted by Gasteiger charge is -2.28. The number of benzene rings is 3. The number of fused-ring (bicyclic) bond motifs is 1. The zero-order valence-electron chi connectivity index (χ0n) is 19.0. The number of aromatic carboxylic acids is 1. The summed E-state index contributed by atoms with van der Waals surface area (Å²) in [5.74, 6) is -1.22. The summed E-state index contributed by atoms with van der Waals surface area (Å²) in [5, 5.41) is 21.0. The van der Waals surface area contributed by atoms with Gasteiger partial charge in [-0.25, -0.2) is 9.18 Å². The minimum atomic E-state index is -1.01. The largest absolute Gasteiger partial charge is 0.507 e. The van der Waals surface area contributed by atoms with Crippen molar-refractivity contribution >= 4 is 16.9 Å². The Morgan fingerprint density at radius 1 is 1.06 bits per heavy atom. The molecule has 4 aromatic rings. The van der Waals surface area contributed by atoms with Gasteiger partial charge < -0.3 is 19.5 Å². The van der Waals surface area contributed by atoms with Gasteiger partial charge in [0, 0.05) is 34.9 Å². The molecule has 0 saturated heterocycles. The third-order valence-corrected chi connectivity index (χ3v) is 5.84. The van der Waals surface area contributed by atoms with E-state index < -0.39 is 11.4 Å². The summed E-state index contributed by atoms with van der Waals surface area (Å²) >= 11 is 0. The smallest absolute Gasteiger partial charge is 0.335 e. The lowest BCUT2D eigenvalue weighted by atomic mass is 9.84. The Morgan fingerprint density at radius 3 is 2.27 bits per heavy atom. The molecule has 33 heavy (non-hydrogen) atoms. The summed E-state index contributed by atoms with van der Waals surface area (Å²) in [6, 6.07) is 16.5. The van der Waals surface area contributed by atoms with Crippen LogP contribution in [0.15, 0.2) is 60.7 Å². The van der Waals surface area contributed by atoms with Gasteiger partial charge in [0.25, 0.3) is 0 Å². The van der Waals surface area contributed by atoms with Crippen molar-refractivity contribution in [3.63, 3.8) is 0 Å². The zero-order valence-corrected chi connectivity index (χ0v) is 19.0. The van der Waals surface area contributed by atoms with E-state index >= 15 is 0 Å². The van der Waals surface area contributed by atoms with Crippen LogP contribution in [-0.4, -0.2) is 34.5 Å². The van der Waals surface area contributed by atoms with Crippen LogP contribution >= 0.6 is 0 Å². The maximum atomic E-state index is 13.8. The summed E-state index contributed by atoms with van der Waals surface area (Å²) in [7, 11) is 1.63. The summed E-state index contributed by atoms with van der Waals surface area (Å²) in [5.41, 5.74) is 4.49. The van der Waals surface area contributed by atoms with E-state index in [-0.39, 0.29) is 17.1 Å². The quantitative estimate of drug-likeness (QED) is 0.376. The number of phenols is 1. The third kappa shape index (κ3) is 3.98. The SMILES string of the molecule is COCC(C)(C)c1c(-c2ccc(C(=O)O)cc2)c2c(O)cc(C)cc2n1-c1ccc(F)cc1. The molecule has 4 rings (SSSR count). The molecule has 0 fully saturated rings. The van der Waals surface area contributed by atoms with Crippen LogP contribution in [0.3, 0.4) is 0 Å². The van der Waals surface area contributed by atoms with Crippen molar-refractivity contribution in [3.05, 3.63) is 83.3 Å². The highest BCUT2D eigenvalue weighted by atomic mass is 19.1. The van der Waals surface area contributed by atoms with Gasteiger partial charge in [-0.1, -0.05) is 26.0 Å². The van der Waals surface area contributed by atoms with Crippen LogP contribution in [0.5, 0.6) is 5.75 Å². The van der Waals surface area contributed by atoms with Crippen LogP contribution in [0.25, 0.3) is 27.7 Å². The number of ether oxygens (including phenoxy) is 1. The molecule has 5 nitrogen and oxygen atoms in total. The van der Waals surface area contributed by atoms with Crippen LogP contribution in [0, 0.1) is 12.7 Å². The highest BCUT2D eigenvalue weighted by molar-refractivity contribution is 6.04. The molecule has 1 heterocycles. The number of aryl methyl sites for hydroxylation is 1. The van der Waals surface area contributed by atoms with Crippen molar-refractivity contribution in [2.75, 3.05) is 13.7 Å². The molecule has 0 aliphatic rings. The molecule has 0 bridgehead atoms. The maximum absolute atomic E-state index is 13.8. The fourth-order valence-corrected chi connectivity index (χ4v) is 4.52. The summed E-state index contributed by atoms with van der Waals surface area (Å²) in [4.78, 5) is 11.4. The molecule has 1 aromatic heterocycles. The molecular formula is C27H26FNO4. The van der Waals surface area contributed by atoms with Gasteiger partial charge in [-0.05, 0) is 66.6 Å². The fourth-order valence-electron chi connectivity index (χ4n) is 4.52. The molecule has 0 aliphatic carbocycles. The first-order chi connectivity index (χ1) is 15.6. The Bertz CT molecular complexity index is 1340. The lowest BCUT2D eigenvalue weighted by molar-refractivity contribution is 0.0697. The summed E-state index contributed by atoms with van der Waals surface area (Å²) in [6.45, 7) is 6.39. The van der Waals surface area contributed by atoms with Crippen molar-refractivity contribution in [1.29, 1.82) is 0 Å². The second-order valence-corrected chi connectivity index (χ2v) is 8.91. The number of aromatic nitrogens is 1. The zero-order chi connectivity index (χ0) is 23.9. The molecule has 6 heteroatoms. The molecule has 0 amide bonds. The van der Waals surface area contributed by atoms with Crippen molar-refractivity contribution in [3.8, 4) is 22.6 Å². The van der Waals surface area contributed by atoms with Gasteiger partial charge in [-0.15, -0.1) is 0 Å². The van der Waals surface area contributed by atoms with Crippen molar-refractivity contribution < 1.29 is 24.1 Å². The first kappa shape index (κ1) is 22.6. The summed E-state index contributed by atoms with van der Waals surface area (Å²) in [6.07, 6.45) is 0. The van der Waals surface area contributed by atoms with Gasteiger partial charge in [-0.2, -0.15) is 0 Å². The van der Waals surface area contributed by atoms with E-state index in [0.717, 1.165) is 33.6 Å². The van der Waals surface area contributed by atoms with E-state index in [1.807, 2.05) is 31.4 Å². The number of phenolic OH excluding ortho intramolecular Hbond substituents is 1. The fraction of sp³-hybridized carbons (Fsp3) is 0.222. The summed E-state index contributed by atoms with van der Waals surface area (Å²) < 4.78 is 21.3. The monoisotopic (exact) mass is 447 g/mol. The Kier molecular flexibility index (Phi) is 5.72. The first-order valence-corrected chi connectivity index (χ1v) is 10.6. The normalized spacial score (nSPS) is 11.8. The number of carbonyl (C=O) groups is 1. The van der Waals surface area contributed by atoms with Crippen LogP contribution in [0.4, 0.5) is 4.39 Å². The number of hydrogen-bond acceptors (Lipinski definition) is 3. The molecular weight excluding hydrogens is 421 g/mol. The topological polar surface area (TPSA) is 71.7 Å². The highest BCUT2D eigenvalue weighted by Gasteiger charge is 2.33. The molecule has 170 valence electrons. The lowest BCUT2D eigenvalue weighted by Crippen LogP contribution is -2.27. The Hall–Kier alpha value is -3.64. The Balaban J connectivity index is 2.17. The number of rotatable bonds is 6. The molecule has 0 aliphatic heterocycles. The van der Waals surface area contributed by atoms with Gasteiger partial charge in [0.05, 0.1) is 17.7 Å². The number of halogens is 1. The maximum Gasteiger partial charge on any atom is 0.335 e. The van der Waals surface area contributed by atoms with Crippen LogP contribution in [0.1, 0.15) is 35.5 Å². The predicted molar refractivity (Wildman–Crippen MR) is 127 cm³/mol. The molecule has 0 atom stereocenters. The highest BCUT2D eigenvalue weighted by Crippen LogP contribution is 2.46. The first-order valence-electron chi connectivity index (χ1n) is 10.6. The molecule has 3 aromatic carbocycles. The molecule has 2 N–H and O–H groups in total. The number of aromatic hydroxyl groups is 1. The molecule has 0 radical (unpaired) electrons. The van der Waals surface area contributed by atoms with E-state index in [4.69, 9.17) is 4.74 Å². The number of carboxylic acids is 1. The number of methoxy groups -OCH3 is 1. The molecule has 0 unspecified atom stereocenters. The van der Waals surface area contributed by atoms with E-state index in [9.17, 15) is 19.4 Å². The number of nitrogens with zero attached hydrogens (tertiary/aromatic N) is 1. The second kappa shape index (κ2) is 8.37. The predicted octanol–water partition coefficient (Wildman–Crippen LogP) is 6.07. The van der Waals surface area contributed by atoms with Gasteiger partial charge >= 0.3 is 5.97 Å². The third-order valence-electron chi connectivity index (χ3n) is 5.84. The van der Waals surface area contributed by atoms with Gasteiger partial charge in [0.1, 0.15) is 11.6 Å². The van der Waals surface area contributed by atoms with E-state index in [0.29, 0.717) is 12.0 Å². The van der Waals surface area contributed by atoms with E-state index in [1.54, 1.807) is 49.6 Å².